The topological polar surface area (TPSA) is 51.5 Å². The predicted octanol–water partition coefficient (Wildman–Crippen LogP) is 5.14. The van der Waals surface area contributed by atoms with Crippen molar-refractivity contribution in [1.29, 1.82) is 0 Å². The maximum Gasteiger partial charge on any atom is 0.224 e. The molecule has 0 saturated heterocycles. The van der Waals surface area contributed by atoms with E-state index >= 15 is 0 Å². The van der Waals surface area contributed by atoms with Gasteiger partial charge in [0.1, 0.15) is 17.3 Å². The molecule has 26 heavy (non-hydrogen) atoms. The van der Waals surface area contributed by atoms with Crippen molar-refractivity contribution in [2.75, 3.05) is 12.4 Å². The number of aryl methyl sites for hydroxylation is 3. The molecule has 0 fully saturated rings. The second-order valence-corrected chi connectivity index (χ2v) is 6.36. The van der Waals surface area contributed by atoms with E-state index in [4.69, 9.17) is 9.15 Å². The third kappa shape index (κ3) is 4.33. The molecule has 0 spiro atoms. The van der Waals surface area contributed by atoms with Crippen LogP contribution in [0.25, 0.3) is 11.3 Å². The van der Waals surface area contributed by atoms with Crippen LogP contribution in [0.2, 0.25) is 0 Å². The summed E-state index contributed by atoms with van der Waals surface area (Å²) in [6.07, 6.45) is 0.940. The van der Waals surface area contributed by atoms with Gasteiger partial charge in [0, 0.05) is 24.1 Å². The maximum atomic E-state index is 12.2. The minimum Gasteiger partial charge on any atom is -0.497 e. The minimum atomic E-state index is -0.0145. The number of benzene rings is 2. The van der Waals surface area contributed by atoms with Crippen LogP contribution in [-0.4, -0.2) is 13.0 Å². The molecule has 1 N–H and O–H groups in total. The van der Waals surface area contributed by atoms with Crippen molar-refractivity contribution in [2.45, 2.75) is 26.7 Å². The molecule has 0 unspecified atom stereocenters. The zero-order valence-corrected chi connectivity index (χ0v) is 15.3. The summed E-state index contributed by atoms with van der Waals surface area (Å²) < 4.78 is 11.0. The lowest BCUT2D eigenvalue weighted by Gasteiger charge is -2.08. The van der Waals surface area contributed by atoms with Crippen molar-refractivity contribution in [2.24, 2.45) is 0 Å². The Balaban J connectivity index is 1.58. The van der Waals surface area contributed by atoms with Crippen LogP contribution in [0, 0.1) is 13.8 Å². The van der Waals surface area contributed by atoms with Crippen LogP contribution in [0.4, 0.5) is 5.69 Å². The Hall–Kier alpha value is -3.01. The van der Waals surface area contributed by atoms with Crippen LogP contribution >= 0.6 is 0 Å². The SMILES string of the molecule is COc1ccc(-c2ccc(CCC(=O)Nc3ccc(C)cc3C)o2)cc1. The number of anilines is 1. The van der Waals surface area contributed by atoms with Crippen LogP contribution in [0.3, 0.4) is 0 Å². The highest BCUT2D eigenvalue weighted by atomic mass is 16.5. The molecule has 4 heteroatoms. The molecule has 0 radical (unpaired) electrons. The Morgan fingerprint density at radius 1 is 1.04 bits per heavy atom. The largest absolute Gasteiger partial charge is 0.497 e. The lowest BCUT2D eigenvalue weighted by atomic mass is 10.1. The molecule has 0 bridgehead atoms. The van der Waals surface area contributed by atoms with Gasteiger partial charge in [-0.05, 0) is 61.9 Å². The Labute approximate surface area is 153 Å². The van der Waals surface area contributed by atoms with Gasteiger partial charge in [0.25, 0.3) is 0 Å². The molecule has 4 nitrogen and oxygen atoms in total. The predicted molar refractivity (Wildman–Crippen MR) is 104 cm³/mol. The van der Waals surface area contributed by atoms with Crippen LogP contribution < -0.4 is 10.1 Å². The second-order valence-electron chi connectivity index (χ2n) is 6.36. The smallest absolute Gasteiger partial charge is 0.224 e. The van der Waals surface area contributed by atoms with E-state index in [9.17, 15) is 4.79 Å². The Morgan fingerprint density at radius 2 is 1.81 bits per heavy atom. The highest BCUT2D eigenvalue weighted by molar-refractivity contribution is 5.91. The van der Waals surface area contributed by atoms with Crippen molar-refractivity contribution in [1.82, 2.24) is 0 Å². The number of rotatable bonds is 6. The molecule has 1 amide bonds. The Kier molecular flexibility index (Phi) is 5.42. The summed E-state index contributed by atoms with van der Waals surface area (Å²) in [7, 11) is 1.64. The van der Waals surface area contributed by atoms with Gasteiger partial charge in [0.2, 0.25) is 5.91 Å². The monoisotopic (exact) mass is 349 g/mol. The van der Waals surface area contributed by atoms with Gasteiger partial charge in [-0.3, -0.25) is 4.79 Å². The standard InChI is InChI=1S/C22H23NO3/c1-15-4-11-20(16(2)14-15)23-22(24)13-10-19-9-12-21(26-19)17-5-7-18(25-3)8-6-17/h4-9,11-12,14H,10,13H2,1-3H3,(H,23,24). The number of carbonyl (C=O) groups is 1. The number of hydrogen-bond acceptors (Lipinski definition) is 3. The molecule has 0 aliphatic heterocycles. The Bertz CT molecular complexity index is 894. The molecule has 0 aliphatic rings. The summed E-state index contributed by atoms with van der Waals surface area (Å²) in [6.45, 7) is 4.03. The number of carbonyl (C=O) groups excluding carboxylic acids is 1. The van der Waals surface area contributed by atoms with E-state index in [-0.39, 0.29) is 5.91 Å². The summed E-state index contributed by atoms with van der Waals surface area (Å²) in [6, 6.07) is 17.5. The fraction of sp³-hybridized carbons (Fsp3) is 0.227. The van der Waals surface area contributed by atoms with E-state index in [1.807, 2.05) is 62.4 Å². The van der Waals surface area contributed by atoms with Crippen LogP contribution in [0.5, 0.6) is 5.75 Å². The van der Waals surface area contributed by atoms with Crippen molar-refractivity contribution < 1.29 is 13.9 Å². The first-order valence-electron chi connectivity index (χ1n) is 8.65. The van der Waals surface area contributed by atoms with E-state index in [1.165, 1.54) is 5.56 Å². The van der Waals surface area contributed by atoms with Gasteiger partial charge in [-0.1, -0.05) is 17.7 Å². The fourth-order valence-corrected chi connectivity index (χ4v) is 2.83. The highest BCUT2D eigenvalue weighted by Crippen LogP contribution is 2.25. The van der Waals surface area contributed by atoms with E-state index in [2.05, 4.69) is 11.4 Å². The number of amides is 1. The fourth-order valence-electron chi connectivity index (χ4n) is 2.83. The molecular formula is C22H23NO3. The molecule has 0 aliphatic carbocycles. The summed E-state index contributed by atoms with van der Waals surface area (Å²) in [5.41, 5.74) is 4.09. The summed E-state index contributed by atoms with van der Waals surface area (Å²) in [4.78, 5) is 12.2. The molecule has 3 rings (SSSR count). The van der Waals surface area contributed by atoms with Crippen LogP contribution in [-0.2, 0) is 11.2 Å². The van der Waals surface area contributed by atoms with Gasteiger partial charge in [0.05, 0.1) is 7.11 Å². The van der Waals surface area contributed by atoms with E-state index < -0.39 is 0 Å². The van der Waals surface area contributed by atoms with Crippen LogP contribution in [0.15, 0.2) is 59.0 Å². The first kappa shape index (κ1) is 17.8. The molecule has 2 aromatic carbocycles. The van der Waals surface area contributed by atoms with E-state index in [0.29, 0.717) is 12.8 Å². The number of hydrogen-bond donors (Lipinski definition) is 1. The lowest BCUT2D eigenvalue weighted by molar-refractivity contribution is -0.116. The Morgan fingerprint density at radius 3 is 2.50 bits per heavy atom. The number of furan rings is 1. The number of methoxy groups -OCH3 is 1. The van der Waals surface area contributed by atoms with Crippen molar-refractivity contribution >= 4 is 11.6 Å². The zero-order chi connectivity index (χ0) is 18.5. The molecule has 3 aromatic rings. The minimum absolute atomic E-state index is 0.0145. The lowest BCUT2D eigenvalue weighted by Crippen LogP contribution is -2.13. The third-order valence-corrected chi connectivity index (χ3v) is 4.29. The maximum absolute atomic E-state index is 12.2. The summed E-state index contributed by atoms with van der Waals surface area (Å²) in [5.74, 6) is 2.38. The quantitative estimate of drug-likeness (QED) is 0.670. The average molecular weight is 349 g/mol. The first-order valence-corrected chi connectivity index (χ1v) is 8.65. The van der Waals surface area contributed by atoms with E-state index in [1.54, 1.807) is 7.11 Å². The highest BCUT2D eigenvalue weighted by Gasteiger charge is 2.09. The zero-order valence-electron chi connectivity index (χ0n) is 15.3. The molecule has 0 saturated carbocycles. The second kappa shape index (κ2) is 7.91. The van der Waals surface area contributed by atoms with Gasteiger partial charge < -0.3 is 14.5 Å². The first-order chi connectivity index (χ1) is 12.5. The summed E-state index contributed by atoms with van der Waals surface area (Å²) >= 11 is 0. The van der Waals surface area contributed by atoms with Crippen molar-refractivity contribution in [3.05, 3.63) is 71.5 Å². The molecule has 1 heterocycles. The molecule has 1 aromatic heterocycles. The molecule has 134 valence electrons. The van der Waals surface area contributed by atoms with Crippen LogP contribution in [0.1, 0.15) is 23.3 Å². The number of ether oxygens (including phenoxy) is 1. The van der Waals surface area contributed by atoms with Crippen molar-refractivity contribution in [3.63, 3.8) is 0 Å². The normalized spacial score (nSPS) is 10.6. The number of nitrogens with one attached hydrogen (secondary N) is 1. The third-order valence-electron chi connectivity index (χ3n) is 4.29. The van der Waals surface area contributed by atoms with Gasteiger partial charge in [0.15, 0.2) is 0 Å². The van der Waals surface area contributed by atoms with Gasteiger partial charge in [-0.2, -0.15) is 0 Å². The molecule has 0 atom stereocenters. The van der Waals surface area contributed by atoms with Gasteiger partial charge >= 0.3 is 0 Å². The van der Waals surface area contributed by atoms with Gasteiger partial charge in [-0.25, -0.2) is 0 Å². The van der Waals surface area contributed by atoms with Gasteiger partial charge in [-0.15, -0.1) is 0 Å². The van der Waals surface area contributed by atoms with E-state index in [0.717, 1.165) is 34.1 Å². The average Bonchev–Trinajstić information content (AvgIpc) is 3.11. The van der Waals surface area contributed by atoms with Crippen molar-refractivity contribution in [3.8, 4) is 17.1 Å². The summed E-state index contributed by atoms with van der Waals surface area (Å²) in [5, 5.41) is 2.96. The molecular weight excluding hydrogens is 326 g/mol.